The second-order valence-corrected chi connectivity index (χ2v) is 7.62. The summed E-state index contributed by atoms with van der Waals surface area (Å²) in [5.41, 5.74) is 0.637. The molecule has 0 aliphatic carbocycles. The van der Waals surface area contributed by atoms with Crippen LogP contribution >= 0.6 is 15.9 Å². The van der Waals surface area contributed by atoms with Crippen LogP contribution in [0, 0.1) is 0 Å². The zero-order valence-electron chi connectivity index (χ0n) is 11.2. The highest BCUT2D eigenvalue weighted by Crippen LogP contribution is 2.23. The van der Waals surface area contributed by atoms with Crippen molar-refractivity contribution < 1.29 is 8.95 Å². The van der Waals surface area contributed by atoms with Crippen LogP contribution in [0.15, 0.2) is 10.8 Å². The Balaban J connectivity index is 2.91. The van der Waals surface area contributed by atoms with E-state index in [1.54, 1.807) is 6.20 Å². The van der Waals surface area contributed by atoms with Crippen LogP contribution in [0.1, 0.15) is 39.4 Å². The molecule has 1 heterocycles. The summed E-state index contributed by atoms with van der Waals surface area (Å²) in [7, 11) is 0.367. The Hall–Kier alpha value is -0.530. The van der Waals surface area contributed by atoms with E-state index in [9.17, 15) is 4.21 Å². The van der Waals surface area contributed by atoms with Gasteiger partial charge in [-0.05, 0) is 43.6 Å². The molecule has 0 spiro atoms. The molecule has 0 saturated heterocycles. The first-order valence-electron chi connectivity index (χ1n) is 5.50. The molecule has 7 heteroatoms. The van der Waals surface area contributed by atoms with Crippen molar-refractivity contribution in [2.24, 2.45) is 0 Å². The van der Waals surface area contributed by atoms with E-state index in [1.165, 1.54) is 7.11 Å². The minimum absolute atomic E-state index is 0.208. The van der Waals surface area contributed by atoms with Gasteiger partial charge in [-0.3, -0.25) is 4.98 Å². The number of nitrogens with one attached hydrogen (secondary N) is 1. The van der Waals surface area contributed by atoms with Crippen LogP contribution in [0.2, 0.25) is 0 Å². The fourth-order valence-corrected chi connectivity index (χ4v) is 2.25. The van der Waals surface area contributed by atoms with Crippen LogP contribution in [0.4, 0.5) is 0 Å². The quantitative estimate of drug-likeness (QED) is 0.917. The maximum absolute atomic E-state index is 12.0. The third-order valence-electron chi connectivity index (χ3n) is 2.18. The van der Waals surface area contributed by atoms with Gasteiger partial charge in [-0.1, -0.05) is 0 Å². The van der Waals surface area contributed by atoms with Crippen LogP contribution in [0.5, 0.6) is 5.88 Å². The van der Waals surface area contributed by atoms with Crippen LogP contribution in [0.25, 0.3) is 0 Å². The number of hydrogen-bond donors (Lipinski definition) is 1. The minimum Gasteiger partial charge on any atom is -0.480 e. The highest BCUT2D eigenvalue weighted by molar-refractivity contribution is 9.10. The molecule has 1 aromatic rings. The average molecular weight is 336 g/mol. The molecule has 0 bridgehead atoms. The van der Waals surface area contributed by atoms with E-state index in [0.717, 1.165) is 0 Å². The van der Waals surface area contributed by atoms with E-state index in [4.69, 9.17) is 4.74 Å². The molecule has 0 unspecified atom stereocenters. The predicted molar refractivity (Wildman–Crippen MR) is 75.7 cm³/mol. The molecule has 1 N–H and O–H groups in total. The normalized spacial score (nSPS) is 15.2. The third-order valence-corrected chi connectivity index (χ3v) is 4.24. The molecule has 102 valence electrons. The van der Waals surface area contributed by atoms with Crippen LogP contribution in [0.3, 0.4) is 0 Å². The van der Waals surface area contributed by atoms with Gasteiger partial charge in [-0.2, -0.15) is 0 Å². The first-order valence-corrected chi connectivity index (χ1v) is 7.44. The second kappa shape index (κ2) is 6.08. The van der Waals surface area contributed by atoms with Gasteiger partial charge in [-0.25, -0.2) is 13.9 Å². The van der Waals surface area contributed by atoms with Crippen molar-refractivity contribution >= 4 is 26.9 Å². The van der Waals surface area contributed by atoms with Crippen molar-refractivity contribution in [2.45, 2.75) is 38.5 Å². The summed E-state index contributed by atoms with van der Waals surface area (Å²) < 4.78 is 20.5. The fourth-order valence-electron chi connectivity index (χ4n) is 1.20. The van der Waals surface area contributed by atoms with E-state index in [1.807, 2.05) is 27.7 Å². The molecule has 2 atom stereocenters. The zero-order valence-corrected chi connectivity index (χ0v) is 13.6. The predicted octanol–water partition coefficient (Wildman–Crippen LogP) is 2.36. The lowest BCUT2D eigenvalue weighted by atomic mass is 10.2. The molecule has 5 nitrogen and oxygen atoms in total. The van der Waals surface area contributed by atoms with Gasteiger partial charge in [0.15, 0.2) is 0 Å². The Morgan fingerprint density at radius 1 is 1.50 bits per heavy atom. The van der Waals surface area contributed by atoms with Crippen LogP contribution < -0.4 is 9.46 Å². The third kappa shape index (κ3) is 4.00. The average Bonchev–Trinajstić information content (AvgIpc) is 2.27. The van der Waals surface area contributed by atoms with E-state index < -0.39 is 11.0 Å². The number of nitrogens with zero attached hydrogens (tertiary/aromatic N) is 2. The first-order chi connectivity index (χ1) is 8.25. The largest absolute Gasteiger partial charge is 0.480 e. The van der Waals surface area contributed by atoms with Gasteiger partial charge in [0.2, 0.25) is 5.88 Å². The summed E-state index contributed by atoms with van der Waals surface area (Å²) in [5.74, 6) is 0.426. The van der Waals surface area contributed by atoms with Gasteiger partial charge in [0.1, 0.15) is 10.3 Å². The minimum atomic E-state index is -1.17. The number of ether oxygens (including phenoxy) is 1. The second-order valence-electron chi connectivity index (χ2n) is 4.81. The summed E-state index contributed by atoms with van der Waals surface area (Å²) in [6.07, 6.45) is 1.59. The van der Waals surface area contributed by atoms with Crippen LogP contribution in [-0.2, 0) is 11.0 Å². The lowest BCUT2D eigenvalue weighted by Crippen LogP contribution is -2.35. The molecule has 18 heavy (non-hydrogen) atoms. The van der Waals surface area contributed by atoms with Gasteiger partial charge in [0.25, 0.3) is 0 Å². The molecular formula is C11H18BrN3O2S. The van der Waals surface area contributed by atoms with Crippen molar-refractivity contribution in [3.8, 4) is 5.88 Å². The van der Waals surface area contributed by atoms with E-state index in [0.29, 0.717) is 16.2 Å². The molecule has 0 radical (unpaired) electrons. The molecule has 0 amide bonds. The number of aromatic nitrogens is 2. The van der Waals surface area contributed by atoms with Gasteiger partial charge >= 0.3 is 0 Å². The first kappa shape index (κ1) is 15.5. The zero-order chi connectivity index (χ0) is 13.9. The summed E-state index contributed by atoms with van der Waals surface area (Å²) in [6.45, 7) is 7.61. The number of methoxy groups -OCH3 is 1. The van der Waals surface area contributed by atoms with Gasteiger partial charge in [-0.15, -0.1) is 0 Å². The lowest BCUT2D eigenvalue weighted by molar-refractivity contribution is 0.383. The van der Waals surface area contributed by atoms with Crippen molar-refractivity contribution in [3.05, 3.63) is 16.5 Å². The van der Waals surface area contributed by atoms with Crippen molar-refractivity contribution in [2.75, 3.05) is 7.11 Å². The highest BCUT2D eigenvalue weighted by Gasteiger charge is 2.24. The molecule has 0 aromatic carbocycles. The fraction of sp³-hybridized carbons (Fsp3) is 0.636. The Kier molecular flexibility index (Phi) is 5.24. The van der Waals surface area contributed by atoms with Gasteiger partial charge < -0.3 is 4.74 Å². The monoisotopic (exact) mass is 335 g/mol. The Morgan fingerprint density at radius 2 is 2.11 bits per heavy atom. The smallest absolute Gasteiger partial charge is 0.238 e. The van der Waals surface area contributed by atoms with E-state index in [2.05, 4.69) is 30.6 Å². The Bertz CT molecular complexity index is 448. The maximum Gasteiger partial charge on any atom is 0.238 e. The molecule has 0 aliphatic heterocycles. The number of hydrogen-bond acceptors (Lipinski definition) is 4. The lowest BCUT2D eigenvalue weighted by Gasteiger charge is -2.22. The summed E-state index contributed by atoms with van der Waals surface area (Å²) in [5, 5.41) is 0. The van der Waals surface area contributed by atoms with Crippen molar-refractivity contribution in [1.82, 2.24) is 14.7 Å². The van der Waals surface area contributed by atoms with Gasteiger partial charge in [0, 0.05) is 0 Å². The van der Waals surface area contributed by atoms with E-state index in [-0.39, 0.29) is 10.8 Å². The summed E-state index contributed by atoms with van der Waals surface area (Å²) in [4.78, 5) is 8.43. The summed E-state index contributed by atoms with van der Waals surface area (Å²) in [6, 6.07) is -0.208. The van der Waals surface area contributed by atoms with E-state index >= 15 is 0 Å². The van der Waals surface area contributed by atoms with Gasteiger partial charge in [0.05, 0.1) is 35.1 Å². The molecule has 0 fully saturated rings. The molecular weight excluding hydrogens is 318 g/mol. The topological polar surface area (TPSA) is 64.1 Å². The number of rotatable bonds is 4. The Morgan fingerprint density at radius 3 is 2.61 bits per heavy atom. The van der Waals surface area contributed by atoms with Crippen LogP contribution in [-0.4, -0.2) is 26.0 Å². The van der Waals surface area contributed by atoms with Crippen molar-refractivity contribution in [3.63, 3.8) is 0 Å². The molecule has 0 aliphatic rings. The molecule has 1 rings (SSSR count). The van der Waals surface area contributed by atoms with Crippen molar-refractivity contribution in [1.29, 1.82) is 0 Å². The maximum atomic E-state index is 12.0. The molecule has 1 aromatic heterocycles. The Labute approximate surface area is 118 Å². The molecule has 0 saturated carbocycles. The SMILES string of the molecule is COc1nc(Br)cnc1[C@@H](C)N[S@](=O)C(C)(C)C. The highest BCUT2D eigenvalue weighted by atomic mass is 79.9. The number of halogens is 1. The summed E-state index contributed by atoms with van der Waals surface area (Å²) >= 11 is 3.23. The standard InChI is InChI=1S/C11H18BrN3O2S/c1-7(15-18(16)11(2,3)4)9-10(17-5)14-8(12)6-13-9/h6-7,15H,1-5H3/t7-,18-/m1/s1.